The zero-order valence-electron chi connectivity index (χ0n) is 17.1. The number of aryl methyl sites for hydroxylation is 1. The highest BCUT2D eigenvalue weighted by atomic mass is 19.1. The molecule has 0 N–H and O–H groups in total. The Labute approximate surface area is 174 Å². The number of benzene rings is 1. The molecular formula is C22H24FN5O2. The molecule has 1 atom stereocenters. The van der Waals surface area contributed by atoms with Crippen molar-refractivity contribution in [2.24, 2.45) is 0 Å². The van der Waals surface area contributed by atoms with E-state index in [2.05, 4.69) is 20.0 Å². The van der Waals surface area contributed by atoms with Crippen molar-refractivity contribution >= 4 is 5.91 Å². The van der Waals surface area contributed by atoms with E-state index < -0.39 is 0 Å². The standard InChI is InChI=1S/C22H24FN5O2/c1-15-14-18(4-5-19(15)23)20-25-21(30-26-20)16(2)27-10-3-11-28(13-12-27)22(29)17-6-8-24-9-7-17/h4-9,14,16H,3,10-13H2,1-2H3. The van der Waals surface area contributed by atoms with Gasteiger partial charge in [-0.1, -0.05) is 5.16 Å². The van der Waals surface area contributed by atoms with Crippen molar-refractivity contribution in [2.45, 2.75) is 26.3 Å². The van der Waals surface area contributed by atoms with Gasteiger partial charge in [-0.05, 0) is 56.2 Å². The van der Waals surface area contributed by atoms with Crippen LogP contribution in [0.5, 0.6) is 0 Å². The largest absolute Gasteiger partial charge is 0.337 e. The van der Waals surface area contributed by atoms with E-state index in [0.29, 0.717) is 42.5 Å². The van der Waals surface area contributed by atoms with Crippen LogP contribution in [0.3, 0.4) is 0 Å². The summed E-state index contributed by atoms with van der Waals surface area (Å²) in [6, 6.07) is 8.17. The van der Waals surface area contributed by atoms with Gasteiger partial charge in [0.2, 0.25) is 11.7 Å². The van der Waals surface area contributed by atoms with Gasteiger partial charge in [0, 0.05) is 49.7 Å². The van der Waals surface area contributed by atoms with E-state index in [1.165, 1.54) is 6.07 Å². The third kappa shape index (κ3) is 4.23. The van der Waals surface area contributed by atoms with Gasteiger partial charge in [-0.25, -0.2) is 4.39 Å². The molecule has 4 rings (SSSR count). The molecule has 2 aromatic heterocycles. The average Bonchev–Trinajstić information content (AvgIpc) is 3.13. The van der Waals surface area contributed by atoms with Gasteiger partial charge in [-0.15, -0.1) is 0 Å². The molecule has 30 heavy (non-hydrogen) atoms. The van der Waals surface area contributed by atoms with Crippen molar-refractivity contribution in [1.29, 1.82) is 0 Å². The molecule has 8 heteroatoms. The topological polar surface area (TPSA) is 75.4 Å². The van der Waals surface area contributed by atoms with Crippen LogP contribution in [0.2, 0.25) is 0 Å². The number of aromatic nitrogens is 3. The van der Waals surface area contributed by atoms with E-state index in [4.69, 9.17) is 4.52 Å². The van der Waals surface area contributed by atoms with E-state index in [1.807, 2.05) is 11.8 Å². The SMILES string of the molecule is Cc1cc(-c2noc(C(C)N3CCCN(C(=O)c4ccncc4)CC3)n2)ccc1F. The molecule has 1 saturated heterocycles. The van der Waals surface area contributed by atoms with Gasteiger partial charge < -0.3 is 9.42 Å². The van der Waals surface area contributed by atoms with Crippen LogP contribution >= 0.6 is 0 Å². The van der Waals surface area contributed by atoms with Crippen molar-refractivity contribution in [2.75, 3.05) is 26.2 Å². The lowest BCUT2D eigenvalue weighted by molar-refractivity contribution is 0.0757. The van der Waals surface area contributed by atoms with Crippen LogP contribution in [0, 0.1) is 12.7 Å². The maximum Gasteiger partial charge on any atom is 0.254 e. The molecule has 0 saturated carbocycles. The molecule has 0 radical (unpaired) electrons. The molecule has 1 fully saturated rings. The molecule has 3 aromatic rings. The van der Waals surface area contributed by atoms with Gasteiger partial charge in [-0.2, -0.15) is 4.98 Å². The van der Waals surface area contributed by atoms with Gasteiger partial charge in [0.15, 0.2) is 0 Å². The number of carbonyl (C=O) groups is 1. The summed E-state index contributed by atoms with van der Waals surface area (Å²) < 4.78 is 19.0. The summed E-state index contributed by atoms with van der Waals surface area (Å²) in [4.78, 5) is 25.3. The first-order chi connectivity index (χ1) is 14.5. The summed E-state index contributed by atoms with van der Waals surface area (Å²) in [7, 11) is 0. The lowest BCUT2D eigenvalue weighted by Crippen LogP contribution is -2.36. The highest BCUT2D eigenvalue weighted by molar-refractivity contribution is 5.94. The summed E-state index contributed by atoms with van der Waals surface area (Å²) >= 11 is 0. The number of amides is 1. The van der Waals surface area contributed by atoms with E-state index in [0.717, 1.165) is 18.5 Å². The van der Waals surface area contributed by atoms with Gasteiger partial charge in [0.25, 0.3) is 5.91 Å². The molecule has 0 aliphatic carbocycles. The summed E-state index contributed by atoms with van der Waals surface area (Å²) in [6.07, 6.45) is 4.13. The number of halogens is 1. The predicted octanol–water partition coefficient (Wildman–Crippen LogP) is 3.49. The van der Waals surface area contributed by atoms with Crippen LogP contribution in [0.15, 0.2) is 47.2 Å². The van der Waals surface area contributed by atoms with Crippen molar-refractivity contribution < 1.29 is 13.7 Å². The first kappa shape index (κ1) is 20.2. The third-order valence-corrected chi connectivity index (χ3v) is 5.51. The van der Waals surface area contributed by atoms with Crippen molar-refractivity contribution in [3.8, 4) is 11.4 Å². The second-order valence-electron chi connectivity index (χ2n) is 7.51. The highest BCUT2D eigenvalue weighted by Crippen LogP contribution is 2.25. The first-order valence-corrected chi connectivity index (χ1v) is 10.1. The zero-order chi connectivity index (χ0) is 21.1. The second-order valence-corrected chi connectivity index (χ2v) is 7.51. The molecule has 1 aliphatic heterocycles. The van der Waals surface area contributed by atoms with E-state index in [-0.39, 0.29) is 17.8 Å². The van der Waals surface area contributed by atoms with Crippen molar-refractivity contribution in [3.63, 3.8) is 0 Å². The van der Waals surface area contributed by atoms with Crippen LogP contribution in [-0.4, -0.2) is 57.0 Å². The van der Waals surface area contributed by atoms with Crippen molar-refractivity contribution in [1.82, 2.24) is 24.9 Å². The minimum absolute atomic E-state index is 0.0265. The molecule has 0 bridgehead atoms. The molecule has 1 amide bonds. The highest BCUT2D eigenvalue weighted by Gasteiger charge is 2.26. The number of nitrogens with zero attached hydrogens (tertiary/aromatic N) is 5. The number of rotatable bonds is 4. The maximum absolute atomic E-state index is 13.5. The summed E-state index contributed by atoms with van der Waals surface area (Å²) in [5, 5.41) is 4.07. The molecule has 1 unspecified atom stereocenters. The molecule has 3 heterocycles. The minimum Gasteiger partial charge on any atom is -0.337 e. The minimum atomic E-state index is -0.258. The fourth-order valence-electron chi connectivity index (χ4n) is 3.67. The van der Waals surface area contributed by atoms with E-state index >= 15 is 0 Å². The maximum atomic E-state index is 13.5. The Morgan fingerprint density at radius 3 is 2.70 bits per heavy atom. The average molecular weight is 409 g/mol. The number of pyridine rings is 1. The Kier molecular flexibility index (Phi) is 5.85. The monoisotopic (exact) mass is 409 g/mol. The first-order valence-electron chi connectivity index (χ1n) is 10.1. The smallest absolute Gasteiger partial charge is 0.254 e. The Morgan fingerprint density at radius 2 is 1.93 bits per heavy atom. The normalized spacial score (nSPS) is 16.3. The molecule has 156 valence electrons. The molecule has 0 spiro atoms. The van der Waals surface area contributed by atoms with Crippen LogP contribution in [-0.2, 0) is 0 Å². The van der Waals surface area contributed by atoms with Gasteiger partial charge in [0.1, 0.15) is 5.82 Å². The molecule has 1 aliphatic rings. The molecule has 1 aromatic carbocycles. The van der Waals surface area contributed by atoms with Gasteiger partial charge >= 0.3 is 0 Å². The predicted molar refractivity (Wildman–Crippen MR) is 109 cm³/mol. The summed E-state index contributed by atoms with van der Waals surface area (Å²) in [5.41, 5.74) is 1.92. The molecule has 7 nitrogen and oxygen atoms in total. The number of hydrogen-bond acceptors (Lipinski definition) is 6. The second kappa shape index (κ2) is 8.71. The Hall–Kier alpha value is -3.13. The fourth-order valence-corrected chi connectivity index (χ4v) is 3.67. The van der Waals surface area contributed by atoms with Gasteiger partial charge in [0.05, 0.1) is 6.04 Å². The quantitative estimate of drug-likeness (QED) is 0.657. The van der Waals surface area contributed by atoms with Crippen LogP contribution in [0.25, 0.3) is 11.4 Å². The van der Waals surface area contributed by atoms with Crippen LogP contribution in [0.4, 0.5) is 4.39 Å². The Morgan fingerprint density at radius 1 is 1.13 bits per heavy atom. The van der Waals surface area contributed by atoms with E-state index in [1.54, 1.807) is 43.6 Å². The zero-order valence-corrected chi connectivity index (χ0v) is 17.1. The van der Waals surface area contributed by atoms with Crippen LogP contribution in [0.1, 0.15) is 41.2 Å². The Balaban J connectivity index is 1.43. The Bertz CT molecular complexity index is 1020. The summed E-state index contributed by atoms with van der Waals surface area (Å²) in [6.45, 7) is 6.60. The van der Waals surface area contributed by atoms with Crippen molar-refractivity contribution in [3.05, 3.63) is 65.6 Å². The fraction of sp³-hybridized carbons (Fsp3) is 0.364. The van der Waals surface area contributed by atoms with Crippen LogP contribution < -0.4 is 0 Å². The summed E-state index contributed by atoms with van der Waals surface area (Å²) in [5.74, 6) is 0.732. The number of hydrogen-bond donors (Lipinski definition) is 0. The lowest BCUT2D eigenvalue weighted by atomic mass is 10.1. The lowest BCUT2D eigenvalue weighted by Gasteiger charge is -2.25. The molecular weight excluding hydrogens is 385 g/mol. The number of carbonyl (C=O) groups excluding carboxylic acids is 1. The van der Waals surface area contributed by atoms with Gasteiger partial charge in [-0.3, -0.25) is 14.7 Å². The van der Waals surface area contributed by atoms with E-state index in [9.17, 15) is 9.18 Å². The third-order valence-electron chi connectivity index (χ3n) is 5.51.